The van der Waals surface area contributed by atoms with E-state index < -0.39 is 70.5 Å². The molecule has 0 aliphatic rings. The highest BCUT2D eigenvalue weighted by Gasteiger charge is 2.35. The van der Waals surface area contributed by atoms with E-state index in [2.05, 4.69) is 20.4 Å². The molecule has 0 radical (unpaired) electrons. The average Bonchev–Trinajstić information content (AvgIpc) is 3.53. The molecule has 3 amide bonds. The van der Waals surface area contributed by atoms with Gasteiger partial charge < -0.3 is 25.2 Å². The fourth-order valence-electron chi connectivity index (χ4n) is 4.97. The topological polar surface area (TPSA) is 121 Å². The Bertz CT molecular complexity index is 1430. The summed E-state index contributed by atoms with van der Waals surface area (Å²) >= 11 is 0.878. The average molecular weight is 706 g/mol. The van der Waals surface area contributed by atoms with Gasteiger partial charge in [0.1, 0.15) is 11.0 Å². The summed E-state index contributed by atoms with van der Waals surface area (Å²) in [5.41, 5.74) is -0.509. The highest BCUT2D eigenvalue weighted by atomic mass is 32.1. The first-order valence-electron chi connectivity index (χ1n) is 15.6. The number of halogens is 5. The smallest absolute Gasteiger partial charge is 0.363 e. The van der Waals surface area contributed by atoms with Gasteiger partial charge in [-0.25, -0.2) is 22.9 Å². The van der Waals surface area contributed by atoms with Crippen molar-refractivity contribution in [3.8, 4) is 5.75 Å². The molecule has 1 aromatic heterocycles. The van der Waals surface area contributed by atoms with Crippen molar-refractivity contribution in [1.29, 1.82) is 0 Å². The molecule has 1 heterocycles. The highest BCUT2D eigenvalue weighted by Crippen LogP contribution is 2.31. The number of thiazole rings is 1. The van der Waals surface area contributed by atoms with E-state index in [1.165, 1.54) is 11.8 Å². The molecule has 48 heavy (non-hydrogen) atoms. The Morgan fingerprint density at radius 2 is 1.50 bits per heavy atom. The van der Waals surface area contributed by atoms with Gasteiger partial charge in [-0.3, -0.25) is 14.4 Å². The van der Waals surface area contributed by atoms with Crippen molar-refractivity contribution in [2.24, 2.45) is 11.8 Å². The van der Waals surface area contributed by atoms with Gasteiger partial charge in [-0.2, -0.15) is 8.78 Å². The lowest BCUT2D eigenvalue weighted by Crippen LogP contribution is -2.54. The minimum absolute atomic E-state index is 0.116. The summed E-state index contributed by atoms with van der Waals surface area (Å²) in [5.74, 6) is -16.3. The third-order valence-corrected chi connectivity index (χ3v) is 8.88. The third-order valence-electron chi connectivity index (χ3n) is 7.92. The van der Waals surface area contributed by atoms with Crippen molar-refractivity contribution in [1.82, 2.24) is 25.4 Å². The van der Waals surface area contributed by atoms with E-state index in [0.717, 1.165) is 29.7 Å². The highest BCUT2D eigenvalue weighted by molar-refractivity contribution is 7.09. The number of amides is 3. The van der Waals surface area contributed by atoms with Crippen LogP contribution in [0.15, 0.2) is 5.38 Å². The van der Waals surface area contributed by atoms with Crippen molar-refractivity contribution >= 4 is 35.0 Å². The second-order valence-corrected chi connectivity index (χ2v) is 13.2. The van der Waals surface area contributed by atoms with E-state index in [0.29, 0.717) is 12.8 Å². The molecular weight excluding hydrogens is 661 g/mol. The van der Waals surface area contributed by atoms with Crippen LogP contribution in [0.4, 0.5) is 22.0 Å². The molecule has 10 nitrogen and oxygen atoms in total. The lowest BCUT2D eigenvalue weighted by molar-refractivity contribution is -0.139. The number of benzene rings is 1. The quantitative estimate of drug-likeness (QED) is 0.0567. The molecule has 0 saturated carbocycles. The predicted molar refractivity (Wildman–Crippen MR) is 170 cm³/mol. The van der Waals surface area contributed by atoms with Crippen LogP contribution in [-0.2, 0) is 14.4 Å². The molecule has 1 aromatic carbocycles. The number of likely N-dealkylation sites (N-methyl/N-ethyl adjacent to an activating group) is 1. The first-order valence-corrected chi connectivity index (χ1v) is 16.5. The van der Waals surface area contributed by atoms with Crippen LogP contribution < -0.4 is 15.4 Å². The van der Waals surface area contributed by atoms with E-state index in [1.807, 2.05) is 46.7 Å². The van der Waals surface area contributed by atoms with E-state index in [4.69, 9.17) is 0 Å². The number of rotatable bonds is 17. The number of esters is 1. The number of carbonyl (C=O) groups excluding carboxylic acids is 4. The van der Waals surface area contributed by atoms with Crippen molar-refractivity contribution in [3.05, 3.63) is 45.2 Å². The van der Waals surface area contributed by atoms with Crippen LogP contribution in [-0.4, -0.2) is 78.2 Å². The normalized spacial score (nSPS) is 14.0. The summed E-state index contributed by atoms with van der Waals surface area (Å²) in [6.07, 6.45) is 2.50. The van der Waals surface area contributed by atoms with Crippen LogP contribution in [0.25, 0.3) is 0 Å². The first kappa shape index (κ1) is 40.5. The Hall–Kier alpha value is -3.66. The van der Waals surface area contributed by atoms with Crippen LogP contribution in [0.5, 0.6) is 5.75 Å². The monoisotopic (exact) mass is 705 g/mol. The maximum atomic E-state index is 14.1. The Balaban J connectivity index is 2.30. The minimum Gasteiger partial charge on any atom is -0.415 e. The predicted octanol–water partition coefficient (Wildman–Crippen LogP) is 5.37. The molecule has 268 valence electrons. The first-order chi connectivity index (χ1) is 22.4. The summed E-state index contributed by atoms with van der Waals surface area (Å²) in [6, 6.07) is -2.17. The van der Waals surface area contributed by atoms with Gasteiger partial charge in [0.2, 0.25) is 52.6 Å². The van der Waals surface area contributed by atoms with E-state index in [9.17, 15) is 41.1 Å². The molecule has 2 N–H and O–H groups in total. The number of ether oxygens (including phenoxy) is 1. The molecule has 16 heteroatoms. The number of nitrogens with one attached hydrogen (secondary N) is 2. The van der Waals surface area contributed by atoms with Crippen LogP contribution in [0, 0.1) is 40.9 Å². The molecule has 0 aliphatic carbocycles. The van der Waals surface area contributed by atoms with E-state index in [1.54, 1.807) is 7.05 Å². The fourth-order valence-corrected chi connectivity index (χ4v) is 5.82. The van der Waals surface area contributed by atoms with Gasteiger partial charge in [0.25, 0.3) is 0 Å². The summed E-state index contributed by atoms with van der Waals surface area (Å²) < 4.78 is 73.3. The van der Waals surface area contributed by atoms with Crippen molar-refractivity contribution < 1.29 is 45.9 Å². The Morgan fingerprint density at radius 3 is 2.02 bits per heavy atom. The van der Waals surface area contributed by atoms with Crippen molar-refractivity contribution in [2.45, 2.75) is 84.8 Å². The van der Waals surface area contributed by atoms with Gasteiger partial charge in [-0.15, -0.1) is 11.3 Å². The van der Waals surface area contributed by atoms with Crippen molar-refractivity contribution in [2.75, 3.05) is 27.7 Å². The Labute approximate surface area is 281 Å². The number of nitrogens with zero attached hydrogens (tertiary/aromatic N) is 3. The van der Waals surface area contributed by atoms with E-state index in [-0.39, 0.29) is 41.5 Å². The number of unbranched alkanes of at least 4 members (excludes halogenated alkanes) is 1. The number of carbonyl (C=O) groups is 4. The SMILES string of the molecule is CC[C@H](C)[C@H](NC(=O)CCCCN(C)C)C(=O)N(C)C(C[C@@H](NC(C)=O)c1nc(C(=O)Oc2c(F)c(F)c(F)c(F)c2F)cs1)C(C)C. The molecular formula is C32H44F5N5O5S. The second-order valence-electron chi connectivity index (χ2n) is 12.3. The van der Waals surface area contributed by atoms with Gasteiger partial charge in [0.05, 0.1) is 6.04 Å². The third kappa shape index (κ3) is 10.7. The molecule has 0 spiro atoms. The second kappa shape index (κ2) is 18.2. The van der Waals surface area contributed by atoms with Crippen LogP contribution in [0.1, 0.15) is 88.3 Å². The van der Waals surface area contributed by atoms with Gasteiger partial charge in [0.15, 0.2) is 5.69 Å². The number of hydrogen-bond acceptors (Lipinski definition) is 8. The lowest BCUT2D eigenvalue weighted by atomic mass is 9.92. The molecule has 1 unspecified atom stereocenters. The van der Waals surface area contributed by atoms with Crippen LogP contribution >= 0.6 is 11.3 Å². The van der Waals surface area contributed by atoms with Crippen LogP contribution in [0.2, 0.25) is 0 Å². The molecule has 2 rings (SSSR count). The summed E-state index contributed by atoms with van der Waals surface area (Å²) in [7, 11) is 5.50. The number of hydrogen-bond donors (Lipinski definition) is 2. The van der Waals surface area contributed by atoms with Gasteiger partial charge >= 0.3 is 5.97 Å². The van der Waals surface area contributed by atoms with Crippen molar-refractivity contribution in [3.63, 3.8) is 0 Å². The fraction of sp³-hybridized carbons (Fsp3) is 0.594. The summed E-state index contributed by atoms with van der Waals surface area (Å²) in [4.78, 5) is 59.2. The van der Waals surface area contributed by atoms with Crippen LogP contribution in [0.3, 0.4) is 0 Å². The molecule has 2 aromatic rings. The van der Waals surface area contributed by atoms with Gasteiger partial charge in [-0.05, 0) is 51.7 Å². The maximum Gasteiger partial charge on any atom is 0.363 e. The van der Waals surface area contributed by atoms with E-state index >= 15 is 0 Å². The summed E-state index contributed by atoms with van der Waals surface area (Å²) in [6.45, 7) is 9.62. The Kier molecular flexibility index (Phi) is 15.4. The zero-order chi connectivity index (χ0) is 36.5. The molecule has 0 fully saturated rings. The molecule has 0 aliphatic heterocycles. The largest absolute Gasteiger partial charge is 0.415 e. The Morgan fingerprint density at radius 1 is 0.917 bits per heavy atom. The summed E-state index contributed by atoms with van der Waals surface area (Å²) in [5, 5.41) is 6.94. The zero-order valence-corrected chi connectivity index (χ0v) is 29.2. The molecule has 0 saturated heterocycles. The van der Waals surface area contributed by atoms with Gasteiger partial charge in [0, 0.05) is 31.8 Å². The standard InChI is InChI=1S/C32H44F5N5O5S/c1-9-17(4)28(40-22(44)12-10-11-13-41(6)7)31(45)42(8)21(16(2)3)14-19(38-18(5)43)30-39-20(15-48-30)32(46)47-29-26(36)24(34)23(33)25(35)27(29)37/h15-17,19,21,28H,9-14H2,1-8H3,(H,38,43)(H,40,44)/t17-,19+,21?,28-/m0/s1. The van der Waals surface area contributed by atoms with Gasteiger partial charge in [-0.1, -0.05) is 34.1 Å². The zero-order valence-electron chi connectivity index (χ0n) is 28.4. The maximum absolute atomic E-state index is 14.1. The number of aromatic nitrogens is 1. The minimum atomic E-state index is -2.41. The molecule has 4 atom stereocenters. The lowest BCUT2D eigenvalue weighted by Gasteiger charge is -2.37. The molecule has 0 bridgehead atoms.